The van der Waals surface area contributed by atoms with Crippen LogP contribution in [0.25, 0.3) is 0 Å². The first-order valence-corrected chi connectivity index (χ1v) is 8.10. The van der Waals surface area contributed by atoms with Crippen LogP contribution in [0.3, 0.4) is 0 Å². The lowest BCUT2D eigenvalue weighted by Gasteiger charge is -2.27. The predicted molar refractivity (Wildman–Crippen MR) is 77.0 cm³/mol. The van der Waals surface area contributed by atoms with Crippen molar-refractivity contribution in [3.63, 3.8) is 0 Å². The highest BCUT2D eigenvalue weighted by molar-refractivity contribution is 5.75. The Kier molecular flexibility index (Phi) is 8.89. The van der Waals surface area contributed by atoms with E-state index in [0.717, 1.165) is 12.8 Å². The molecule has 1 N–H and O–H groups in total. The number of carbonyl (C=O) groups excluding carboxylic acids is 1. The van der Waals surface area contributed by atoms with E-state index in [1.807, 2.05) is 0 Å². The minimum atomic E-state index is -0.289. The first kappa shape index (κ1) is 16.5. The molecule has 0 aromatic rings. The third-order valence-corrected chi connectivity index (χ3v) is 3.87. The van der Waals surface area contributed by atoms with Gasteiger partial charge >= 0.3 is 5.97 Å². The average Bonchev–Trinajstić information content (AvgIpc) is 2.35. The van der Waals surface area contributed by atoms with Gasteiger partial charge in [-0.1, -0.05) is 64.7 Å². The second-order valence-electron chi connectivity index (χ2n) is 5.82. The molecule has 0 aliphatic carbocycles. The average molecular weight is 270 g/mol. The van der Waals surface area contributed by atoms with Gasteiger partial charge in [0.1, 0.15) is 6.10 Å². The Morgan fingerprint density at radius 1 is 1.11 bits per heavy atom. The molecule has 112 valence electrons. The second kappa shape index (κ2) is 10.2. The SMILES string of the molecule is CCCCCCCCCCC[C@H](O)CC1CC(=O)O1. The van der Waals surface area contributed by atoms with Crippen molar-refractivity contribution in [3.05, 3.63) is 0 Å². The molecule has 1 rings (SSSR count). The van der Waals surface area contributed by atoms with E-state index in [1.54, 1.807) is 0 Å². The van der Waals surface area contributed by atoms with Crippen molar-refractivity contribution in [2.24, 2.45) is 0 Å². The molecule has 19 heavy (non-hydrogen) atoms. The largest absolute Gasteiger partial charge is 0.462 e. The van der Waals surface area contributed by atoms with E-state index >= 15 is 0 Å². The molecule has 1 aliphatic rings. The number of carbonyl (C=O) groups is 1. The second-order valence-corrected chi connectivity index (χ2v) is 5.82. The van der Waals surface area contributed by atoms with Gasteiger partial charge in [-0.25, -0.2) is 0 Å². The van der Waals surface area contributed by atoms with Gasteiger partial charge < -0.3 is 9.84 Å². The lowest BCUT2D eigenvalue weighted by Crippen LogP contribution is -2.35. The predicted octanol–water partition coefficient (Wildman–Crippen LogP) is 3.97. The van der Waals surface area contributed by atoms with Crippen LogP contribution in [-0.4, -0.2) is 23.3 Å². The van der Waals surface area contributed by atoms with Crippen molar-refractivity contribution in [3.8, 4) is 0 Å². The summed E-state index contributed by atoms with van der Waals surface area (Å²) in [4.78, 5) is 10.6. The summed E-state index contributed by atoms with van der Waals surface area (Å²) in [5, 5.41) is 9.78. The van der Waals surface area contributed by atoms with Crippen LogP contribution in [0, 0.1) is 0 Å². The van der Waals surface area contributed by atoms with Gasteiger partial charge in [-0.3, -0.25) is 4.79 Å². The molecule has 0 amide bonds. The molecule has 0 spiro atoms. The van der Waals surface area contributed by atoms with Crippen LogP contribution in [0.4, 0.5) is 0 Å². The van der Waals surface area contributed by atoms with Gasteiger partial charge in [0, 0.05) is 6.42 Å². The molecule has 0 radical (unpaired) electrons. The van der Waals surface area contributed by atoms with E-state index in [0.29, 0.717) is 12.8 Å². The maximum absolute atomic E-state index is 10.6. The molecule has 1 saturated heterocycles. The summed E-state index contributed by atoms with van der Waals surface area (Å²) < 4.78 is 4.90. The van der Waals surface area contributed by atoms with Gasteiger partial charge in [0.05, 0.1) is 12.5 Å². The first-order chi connectivity index (χ1) is 9.22. The molecule has 3 heteroatoms. The van der Waals surface area contributed by atoms with Crippen LogP contribution >= 0.6 is 0 Å². The number of cyclic esters (lactones) is 1. The molecule has 0 bridgehead atoms. The third kappa shape index (κ3) is 8.25. The lowest BCUT2D eigenvalue weighted by atomic mass is 10.00. The summed E-state index contributed by atoms with van der Waals surface area (Å²) in [6, 6.07) is 0. The fraction of sp³-hybridized carbons (Fsp3) is 0.938. The Bertz CT molecular complexity index is 232. The number of rotatable bonds is 12. The van der Waals surface area contributed by atoms with E-state index in [-0.39, 0.29) is 18.2 Å². The zero-order chi connectivity index (χ0) is 13.9. The Morgan fingerprint density at radius 3 is 2.16 bits per heavy atom. The maximum atomic E-state index is 10.6. The number of hydrogen-bond donors (Lipinski definition) is 1. The zero-order valence-corrected chi connectivity index (χ0v) is 12.4. The Labute approximate surface area is 117 Å². The number of unbranched alkanes of at least 4 members (excludes halogenated alkanes) is 8. The fourth-order valence-corrected chi connectivity index (χ4v) is 2.61. The van der Waals surface area contributed by atoms with Crippen molar-refractivity contribution in [1.29, 1.82) is 0 Å². The first-order valence-electron chi connectivity index (χ1n) is 8.10. The van der Waals surface area contributed by atoms with Crippen molar-refractivity contribution >= 4 is 5.97 Å². The normalized spacial score (nSPS) is 19.9. The maximum Gasteiger partial charge on any atom is 0.309 e. The Morgan fingerprint density at radius 2 is 1.63 bits per heavy atom. The summed E-state index contributed by atoms with van der Waals surface area (Å²) in [7, 11) is 0. The van der Waals surface area contributed by atoms with Gasteiger partial charge in [-0.05, 0) is 6.42 Å². The van der Waals surface area contributed by atoms with Crippen LogP contribution < -0.4 is 0 Å². The minimum absolute atomic E-state index is 0.0129. The highest BCUT2D eigenvalue weighted by Gasteiger charge is 2.29. The molecule has 0 aromatic carbocycles. The number of ether oxygens (including phenoxy) is 1. The van der Waals surface area contributed by atoms with Gasteiger partial charge in [-0.2, -0.15) is 0 Å². The van der Waals surface area contributed by atoms with Crippen LogP contribution in [0.15, 0.2) is 0 Å². The molecule has 1 heterocycles. The smallest absolute Gasteiger partial charge is 0.309 e. The third-order valence-electron chi connectivity index (χ3n) is 3.87. The lowest BCUT2D eigenvalue weighted by molar-refractivity contribution is -0.171. The van der Waals surface area contributed by atoms with E-state index in [1.165, 1.54) is 51.4 Å². The molecular weight excluding hydrogens is 240 g/mol. The van der Waals surface area contributed by atoms with Crippen LogP contribution in [-0.2, 0) is 9.53 Å². The number of hydrogen-bond acceptors (Lipinski definition) is 3. The zero-order valence-electron chi connectivity index (χ0n) is 12.4. The molecule has 3 nitrogen and oxygen atoms in total. The standard InChI is InChI=1S/C16H30O3/c1-2-3-4-5-6-7-8-9-10-11-14(17)12-15-13-16(18)19-15/h14-15,17H,2-13H2,1H3/t14-,15?/m0/s1. The summed E-state index contributed by atoms with van der Waals surface area (Å²) in [6.07, 6.45) is 13.4. The van der Waals surface area contributed by atoms with Crippen molar-refractivity contribution in [2.45, 2.75) is 96.2 Å². The van der Waals surface area contributed by atoms with Gasteiger partial charge in [-0.15, -0.1) is 0 Å². The van der Waals surface area contributed by atoms with E-state index in [9.17, 15) is 9.90 Å². The van der Waals surface area contributed by atoms with E-state index < -0.39 is 0 Å². The van der Waals surface area contributed by atoms with Gasteiger partial charge in [0.25, 0.3) is 0 Å². The van der Waals surface area contributed by atoms with E-state index in [4.69, 9.17) is 4.74 Å². The quantitative estimate of drug-likeness (QED) is 0.431. The summed E-state index contributed by atoms with van der Waals surface area (Å²) in [5.74, 6) is -0.125. The van der Waals surface area contributed by atoms with Gasteiger partial charge in [0.2, 0.25) is 0 Å². The van der Waals surface area contributed by atoms with E-state index in [2.05, 4.69) is 6.92 Å². The number of esters is 1. The summed E-state index contributed by atoms with van der Waals surface area (Å²) in [5.41, 5.74) is 0. The minimum Gasteiger partial charge on any atom is -0.462 e. The molecule has 2 atom stereocenters. The van der Waals surface area contributed by atoms with Crippen LogP contribution in [0.1, 0.15) is 84.0 Å². The molecule has 1 unspecified atom stereocenters. The molecule has 0 aromatic heterocycles. The summed E-state index contributed by atoms with van der Waals surface area (Å²) >= 11 is 0. The Balaban J connectivity index is 1.78. The number of aliphatic hydroxyl groups is 1. The van der Waals surface area contributed by atoms with Crippen molar-refractivity contribution in [1.82, 2.24) is 0 Å². The molecule has 1 aliphatic heterocycles. The Hall–Kier alpha value is -0.570. The highest BCUT2D eigenvalue weighted by Crippen LogP contribution is 2.20. The number of aliphatic hydroxyl groups excluding tert-OH is 1. The molecule has 0 saturated carbocycles. The summed E-state index contributed by atoms with van der Waals surface area (Å²) in [6.45, 7) is 2.25. The monoisotopic (exact) mass is 270 g/mol. The molecule has 1 fully saturated rings. The topological polar surface area (TPSA) is 46.5 Å². The fourth-order valence-electron chi connectivity index (χ4n) is 2.61. The van der Waals surface area contributed by atoms with Crippen LogP contribution in [0.2, 0.25) is 0 Å². The van der Waals surface area contributed by atoms with Crippen molar-refractivity contribution in [2.75, 3.05) is 0 Å². The van der Waals surface area contributed by atoms with Crippen LogP contribution in [0.5, 0.6) is 0 Å². The van der Waals surface area contributed by atoms with Gasteiger partial charge in [0.15, 0.2) is 0 Å². The van der Waals surface area contributed by atoms with Crippen molar-refractivity contribution < 1.29 is 14.6 Å². The highest BCUT2D eigenvalue weighted by atomic mass is 16.6. The molecular formula is C16H30O3.